The van der Waals surface area contributed by atoms with Crippen LogP contribution in [0.2, 0.25) is 0 Å². The van der Waals surface area contributed by atoms with Crippen LogP contribution in [-0.2, 0) is 18.0 Å². The van der Waals surface area contributed by atoms with Crippen LogP contribution in [0.25, 0.3) is 0 Å². The number of aliphatic hydroxyl groups excluding tert-OH is 1. The van der Waals surface area contributed by atoms with Gasteiger partial charge in [0.2, 0.25) is 0 Å². The van der Waals surface area contributed by atoms with E-state index in [2.05, 4.69) is 6.07 Å². The fraction of sp³-hybridized carbons (Fsp3) is 0.400. The molecule has 0 bridgehead atoms. The largest absolute Gasteiger partial charge is 0.392 e. The topological polar surface area (TPSA) is 29.5 Å². The fourth-order valence-corrected chi connectivity index (χ4v) is 1.29. The molecule has 2 nitrogen and oxygen atoms in total. The van der Waals surface area contributed by atoms with Gasteiger partial charge < -0.3 is 9.84 Å². The minimum atomic E-state index is 0.0956. The molecular weight excluding hydrogens is 152 g/mol. The third kappa shape index (κ3) is 2.32. The number of ether oxygens (including phenoxy) is 1. The number of rotatable bonds is 3. The van der Waals surface area contributed by atoms with Gasteiger partial charge in [0.1, 0.15) is 0 Å². The van der Waals surface area contributed by atoms with Crippen molar-refractivity contribution in [3.05, 3.63) is 34.9 Å². The van der Waals surface area contributed by atoms with Gasteiger partial charge >= 0.3 is 0 Å². The number of hydrogen-bond acceptors (Lipinski definition) is 2. The Labute approximate surface area is 72.8 Å². The fourth-order valence-electron chi connectivity index (χ4n) is 1.29. The summed E-state index contributed by atoms with van der Waals surface area (Å²) in [5.74, 6) is 0. The van der Waals surface area contributed by atoms with Crippen LogP contribution in [0.5, 0.6) is 0 Å². The van der Waals surface area contributed by atoms with Crippen LogP contribution in [0.15, 0.2) is 18.2 Å². The molecule has 0 aliphatic rings. The highest BCUT2D eigenvalue weighted by molar-refractivity contribution is 5.28. The Morgan fingerprint density at radius 2 is 1.92 bits per heavy atom. The van der Waals surface area contributed by atoms with Crippen LogP contribution in [0.1, 0.15) is 16.7 Å². The lowest BCUT2D eigenvalue weighted by atomic mass is 10.1. The van der Waals surface area contributed by atoms with Crippen molar-refractivity contribution in [2.75, 3.05) is 7.11 Å². The van der Waals surface area contributed by atoms with E-state index in [4.69, 9.17) is 9.84 Å². The Hall–Kier alpha value is -0.860. The van der Waals surface area contributed by atoms with Gasteiger partial charge in [-0.05, 0) is 18.1 Å². The minimum Gasteiger partial charge on any atom is -0.392 e. The third-order valence-electron chi connectivity index (χ3n) is 1.69. The number of aryl methyl sites for hydroxylation is 1. The molecule has 0 radical (unpaired) electrons. The van der Waals surface area contributed by atoms with E-state index in [1.807, 2.05) is 19.1 Å². The molecule has 0 aliphatic carbocycles. The number of methoxy groups -OCH3 is 1. The molecule has 2 heteroatoms. The van der Waals surface area contributed by atoms with Gasteiger partial charge in [0.25, 0.3) is 0 Å². The lowest BCUT2D eigenvalue weighted by Crippen LogP contribution is -1.92. The van der Waals surface area contributed by atoms with Crippen molar-refractivity contribution >= 4 is 0 Å². The first kappa shape index (κ1) is 9.23. The molecule has 0 aromatic heterocycles. The Kier molecular flexibility index (Phi) is 3.26. The van der Waals surface area contributed by atoms with E-state index in [1.165, 1.54) is 0 Å². The summed E-state index contributed by atoms with van der Waals surface area (Å²) in [6.45, 7) is 2.71. The predicted molar refractivity (Wildman–Crippen MR) is 47.8 cm³/mol. The van der Waals surface area contributed by atoms with Crippen molar-refractivity contribution in [2.24, 2.45) is 0 Å². The summed E-state index contributed by atoms with van der Waals surface area (Å²) in [6, 6.07) is 5.98. The molecule has 66 valence electrons. The monoisotopic (exact) mass is 166 g/mol. The number of aliphatic hydroxyl groups is 1. The van der Waals surface area contributed by atoms with E-state index in [0.717, 1.165) is 16.7 Å². The summed E-state index contributed by atoms with van der Waals surface area (Å²) in [5.41, 5.74) is 3.22. The van der Waals surface area contributed by atoms with Gasteiger partial charge in [-0.15, -0.1) is 0 Å². The Bertz CT molecular complexity index is 256. The molecule has 12 heavy (non-hydrogen) atoms. The van der Waals surface area contributed by atoms with E-state index in [-0.39, 0.29) is 6.61 Å². The van der Waals surface area contributed by atoms with Gasteiger partial charge in [-0.1, -0.05) is 23.8 Å². The van der Waals surface area contributed by atoms with E-state index in [9.17, 15) is 0 Å². The second-order valence-electron chi connectivity index (χ2n) is 2.92. The zero-order valence-corrected chi connectivity index (χ0v) is 7.50. The van der Waals surface area contributed by atoms with Crippen LogP contribution < -0.4 is 0 Å². The maximum atomic E-state index is 8.91. The van der Waals surface area contributed by atoms with Crippen molar-refractivity contribution in [1.29, 1.82) is 0 Å². The molecule has 0 saturated carbocycles. The second-order valence-corrected chi connectivity index (χ2v) is 2.92. The van der Waals surface area contributed by atoms with E-state index < -0.39 is 0 Å². The summed E-state index contributed by atoms with van der Waals surface area (Å²) in [6.07, 6.45) is 0. The maximum absolute atomic E-state index is 8.91. The summed E-state index contributed by atoms with van der Waals surface area (Å²) in [4.78, 5) is 0. The maximum Gasteiger partial charge on any atom is 0.0713 e. The van der Waals surface area contributed by atoms with E-state index in [1.54, 1.807) is 7.11 Å². The average Bonchev–Trinajstić information content (AvgIpc) is 2.04. The lowest BCUT2D eigenvalue weighted by molar-refractivity contribution is 0.184. The van der Waals surface area contributed by atoms with Gasteiger partial charge in [-0.2, -0.15) is 0 Å². The molecule has 1 aromatic carbocycles. The van der Waals surface area contributed by atoms with Crippen LogP contribution in [0.4, 0.5) is 0 Å². The normalized spacial score (nSPS) is 10.2. The zero-order chi connectivity index (χ0) is 8.97. The summed E-state index contributed by atoms with van der Waals surface area (Å²) in [7, 11) is 1.67. The van der Waals surface area contributed by atoms with Gasteiger partial charge in [-0.3, -0.25) is 0 Å². The molecule has 1 aromatic rings. The summed E-state index contributed by atoms with van der Waals surface area (Å²) < 4.78 is 5.00. The molecule has 0 unspecified atom stereocenters. The van der Waals surface area contributed by atoms with Gasteiger partial charge in [0.15, 0.2) is 0 Å². The first-order valence-electron chi connectivity index (χ1n) is 3.95. The quantitative estimate of drug-likeness (QED) is 0.739. The standard InChI is InChI=1S/C10H14O2/c1-8-3-9(6-11)5-10(4-8)7-12-2/h3-5,11H,6-7H2,1-2H3. The summed E-state index contributed by atoms with van der Waals surface area (Å²) >= 11 is 0. The summed E-state index contributed by atoms with van der Waals surface area (Å²) in [5, 5.41) is 8.91. The molecule has 0 amide bonds. The molecule has 1 N–H and O–H groups in total. The highest BCUT2D eigenvalue weighted by Gasteiger charge is 1.96. The van der Waals surface area contributed by atoms with Crippen LogP contribution in [0, 0.1) is 6.92 Å². The third-order valence-corrected chi connectivity index (χ3v) is 1.69. The van der Waals surface area contributed by atoms with Crippen molar-refractivity contribution < 1.29 is 9.84 Å². The highest BCUT2D eigenvalue weighted by atomic mass is 16.5. The number of hydrogen-bond donors (Lipinski definition) is 1. The SMILES string of the molecule is COCc1cc(C)cc(CO)c1. The smallest absolute Gasteiger partial charge is 0.0713 e. The zero-order valence-electron chi connectivity index (χ0n) is 7.50. The van der Waals surface area contributed by atoms with Crippen molar-refractivity contribution in [3.63, 3.8) is 0 Å². The Morgan fingerprint density at radius 1 is 1.25 bits per heavy atom. The first-order chi connectivity index (χ1) is 5.76. The van der Waals surface area contributed by atoms with Crippen LogP contribution in [-0.4, -0.2) is 12.2 Å². The molecule has 0 aliphatic heterocycles. The molecule has 0 heterocycles. The lowest BCUT2D eigenvalue weighted by Gasteiger charge is -2.04. The van der Waals surface area contributed by atoms with Gasteiger partial charge in [-0.25, -0.2) is 0 Å². The molecule has 1 rings (SSSR count). The average molecular weight is 166 g/mol. The predicted octanol–water partition coefficient (Wildman–Crippen LogP) is 1.63. The molecule has 0 atom stereocenters. The van der Waals surface area contributed by atoms with Crippen molar-refractivity contribution in [3.8, 4) is 0 Å². The van der Waals surface area contributed by atoms with E-state index in [0.29, 0.717) is 6.61 Å². The van der Waals surface area contributed by atoms with Crippen LogP contribution >= 0.6 is 0 Å². The van der Waals surface area contributed by atoms with Crippen molar-refractivity contribution in [1.82, 2.24) is 0 Å². The minimum absolute atomic E-state index is 0.0956. The van der Waals surface area contributed by atoms with Crippen LogP contribution in [0.3, 0.4) is 0 Å². The highest BCUT2D eigenvalue weighted by Crippen LogP contribution is 2.10. The van der Waals surface area contributed by atoms with Crippen molar-refractivity contribution in [2.45, 2.75) is 20.1 Å². The molecular formula is C10H14O2. The Morgan fingerprint density at radius 3 is 2.50 bits per heavy atom. The molecule has 0 spiro atoms. The molecule has 0 saturated heterocycles. The van der Waals surface area contributed by atoms with Gasteiger partial charge in [0.05, 0.1) is 13.2 Å². The van der Waals surface area contributed by atoms with Gasteiger partial charge in [0, 0.05) is 7.11 Å². The number of benzene rings is 1. The Balaban J connectivity index is 2.90. The van der Waals surface area contributed by atoms with E-state index >= 15 is 0 Å². The molecule has 0 fully saturated rings. The second kappa shape index (κ2) is 4.24. The first-order valence-corrected chi connectivity index (χ1v) is 3.95.